The van der Waals surface area contributed by atoms with E-state index in [-0.39, 0.29) is 12.1 Å². The first-order chi connectivity index (χ1) is 11.8. The Labute approximate surface area is 143 Å². The molecule has 3 aliphatic rings. The van der Waals surface area contributed by atoms with Crippen LogP contribution in [0.1, 0.15) is 30.7 Å². The molecule has 2 N–H and O–H groups in total. The Bertz CT molecular complexity index is 565. The summed E-state index contributed by atoms with van der Waals surface area (Å²) in [5, 5.41) is 5.98. The van der Waals surface area contributed by atoms with Crippen LogP contribution in [0.15, 0.2) is 30.3 Å². The molecule has 24 heavy (non-hydrogen) atoms. The minimum absolute atomic E-state index is 0.0687. The van der Waals surface area contributed by atoms with Crippen LogP contribution in [-0.2, 0) is 4.74 Å². The second kappa shape index (κ2) is 7.11. The highest BCUT2D eigenvalue weighted by molar-refractivity contribution is 5.73. The van der Waals surface area contributed by atoms with E-state index >= 15 is 0 Å². The van der Waals surface area contributed by atoms with Crippen LogP contribution in [0.25, 0.3) is 0 Å². The van der Waals surface area contributed by atoms with Crippen molar-refractivity contribution < 1.29 is 9.53 Å². The summed E-state index contributed by atoms with van der Waals surface area (Å²) in [4.78, 5) is 14.5. The van der Waals surface area contributed by atoms with E-state index in [9.17, 15) is 4.79 Å². The minimum atomic E-state index is -0.0687. The topological polar surface area (TPSA) is 53.6 Å². The molecule has 2 heterocycles. The number of ether oxygens (including phenoxy) is 1. The average Bonchev–Trinajstić information content (AvgIpc) is 3.26. The van der Waals surface area contributed by atoms with Crippen LogP contribution in [0.4, 0.5) is 4.79 Å². The maximum absolute atomic E-state index is 12.0. The van der Waals surface area contributed by atoms with Gasteiger partial charge in [0, 0.05) is 25.7 Å². The molecule has 5 heteroatoms. The molecule has 2 aliphatic heterocycles. The lowest BCUT2D eigenvalue weighted by Gasteiger charge is -2.35. The second-order valence-electron chi connectivity index (χ2n) is 7.35. The number of rotatable bonds is 5. The molecule has 4 rings (SSSR count). The van der Waals surface area contributed by atoms with Gasteiger partial charge < -0.3 is 15.4 Å². The van der Waals surface area contributed by atoms with Crippen LogP contribution in [-0.4, -0.2) is 55.9 Å². The predicted molar refractivity (Wildman–Crippen MR) is 93.0 cm³/mol. The van der Waals surface area contributed by atoms with Gasteiger partial charge in [-0.2, -0.15) is 0 Å². The zero-order valence-corrected chi connectivity index (χ0v) is 14.1. The van der Waals surface area contributed by atoms with E-state index in [0.29, 0.717) is 24.4 Å². The molecule has 130 valence electrons. The predicted octanol–water partition coefficient (Wildman–Crippen LogP) is 1.95. The summed E-state index contributed by atoms with van der Waals surface area (Å²) in [6.07, 6.45) is 3.83. The van der Waals surface area contributed by atoms with Crippen molar-refractivity contribution in [2.75, 3.05) is 32.8 Å². The Kier molecular flexibility index (Phi) is 4.72. The Morgan fingerprint density at radius 1 is 1.21 bits per heavy atom. The summed E-state index contributed by atoms with van der Waals surface area (Å²) in [5.74, 6) is 1.19. The van der Waals surface area contributed by atoms with Gasteiger partial charge in [-0.3, -0.25) is 4.90 Å². The summed E-state index contributed by atoms with van der Waals surface area (Å²) >= 11 is 0. The molecule has 2 amide bonds. The number of carbonyl (C=O) groups is 1. The molecular formula is C19H27N3O2. The van der Waals surface area contributed by atoms with E-state index in [0.717, 1.165) is 19.7 Å². The summed E-state index contributed by atoms with van der Waals surface area (Å²) in [5.41, 5.74) is 1.39. The van der Waals surface area contributed by atoms with Crippen LogP contribution in [0.3, 0.4) is 0 Å². The van der Waals surface area contributed by atoms with Crippen LogP contribution in [0, 0.1) is 5.92 Å². The molecule has 0 radical (unpaired) electrons. The molecule has 4 atom stereocenters. The van der Waals surface area contributed by atoms with Crippen molar-refractivity contribution >= 4 is 6.03 Å². The van der Waals surface area contributed by atoms with Gasteiger partial charge in [-0.25, -0.2) is 4.79 Å². The normalized spacial score (nSPS) is 32.2. The third kappa shape index (κ3) is 3.73. The fourth-order valence-electron chi connectivity index (χ4n) is 4.08. The maximum atomic E-state index is 12.0. The molecule has 1 aromatic rings. The lowest BCUT2D eigenvalue weighted by atomic mass is 10.1. The van der Waals surface area contributed by atoms with Gasteiger partial charge in [-0.05, 0) is 43.2 Å². The molecule has 4 unspecified atom stereocenters. The molecule has 0 bridgehead atoms. The number of amides is 2. The van der Waals surface area contributed by atoms with Gasteiger partial charge >= 0.3 is 6.03 Å². The summed E-state index contributed by atoms with van der Waals surface area (Å²) in [6.45, 7) is 4.30. The fraction of sp³-hybridized carbons (Fsp3) is 0.632. The number of nitrogens with one attached hydrogen (secondary N) is 2. The van der Waals surface area contributed by atoms with Crippen molar-refractivity contribution in [2.24, 2.45) is 5.92 Å². The van der Waals surface area contributed by atoms with E-state index in [4.69, 9.17) is 4.74 Å². The Morgan fingerprint density at radius 3 is 2.92 bits per heavy atom. The van der Waals surface area contributed by atoms with Crippen LogP contribution in [0.2, 0.25) is 0 Å². The number of benzene rings is 1. The monoisotopic (exact) mass is 329 g/mol. The summed E-state index contributed by atoms with van der Waals surface area (Å²) < 4.78 is 5.87. The first kappa shape index (κ1) is 15.9. The summed E-state index contributed by atoms with van der Waals surface area (Å²) in [6, 6.07) is 11.1. The Morgan fingerprint density at radius 2 is 2.04 bits per heavy atom. The average molecular weight is 329 g/mol. The number of fused-ring (bicyclic) bond motifs is 1. The van der Waals surface area contributed by atoms with E-state index in [1.165, 1.54) is 31.4 Å². The zero-order valence-electron chi connectivity index (χ0n) is 14.1. The molecule has 1 saturated carbocycles. The lowest BCUT2D eigenvalue weighted by Crippen LogP contribution is -2.51. The van der Waals surface area contributed by atoms with E-state index in [1.807, 2.05) is 6.07 Å². The smallest absolute Gasteiger partial charge is 0.314 e. The molecule has 5 nitrogen and oxygen atoms in total. The first-order valence-electron chi connectivity index (χ1n) is 9.22. The fourth-order valence-corrected chi connectivity index (χ4v) is 4.08. The molecule has 1 aromatic carbocycles. The van der Waals surface area contributed by atoms with Crippen molar-refractivity contribution in [3.8, 4) is 0 Å². The van der Waals surface area contributed by atoms with Gasteiger partial charge in [0.05, 0.1) is 12.7 Å². The van der Waals surface area contributed by atoms with Gasteiger partial charge in [0.15, 0.2) is 0 Å². The molecule has 2 saturated heterocycles. The van der Waals surface area contributed by atoms with Gasteiger partial charge in [0.2, 0.25) is 0 Å². The molecule has 0 aromatic heterocycles. The lowest BCUT2D eigenvalue weighted by molar-refractivity contribution is -0.0457. The standard InChI is InChI=1S/C19H27N3O2/c23-19(20-10-15-9-18(15)14-5-2-1-3-6-14)21-11-17-12-22-8-4-7-16(22)13-24-17/h1-3,5-6,15-18H,4,7-13H2,(H2,20,21,23). The highest BCUT2D eigenvalue weighted by Crippen LogP contribution is 2.46. The van der Waals surface area contributed by atoms with Gasteiger partial charge in [0.25, 0.3) is 0 Å². The third-order valence-corrected chi connectivity index (χ3v) is 5.63. The van der Waals surface area contributed by atoms with Crippen molar-refractivity contribution in [2.45, 2.75) is 37.3 Å². The molecular weight excluding hydrogens is 302 g/mol. The van der Waals surface area contributed by atoms with Gasteiger partial charge in [0.1, 0.15) is 0 Å². The number of carbonyl (C=O) groups excluding carboxylic acids is 1. The number of nitrogens with zero attached hydrogens (tertiary/aromatic N) is 1. The van der Waals surface area contributed by atoms with E-state index in [1.54, 1.807) is 0 Å². The third-order valence-electron chi connectivity index (χ3n) is 5.63. The first-order valence-corrected chi connectivity index (χ1v) is 9.22. The number of hydrogen-bond donors (Lipinski definition) is 2. The highest BCUT2D eigenvalue weighted by atomic mass is 16.5. The number of urea groups is 1. The van der Waals surface area contributed by atoms with Crippen molar-refractivity contribution in [1.82, 2.24) is 15.5 Å². The van der Waals surface area contributed by atoms with Crippen molar-refractivity contribution in [3.05, 3.63) is 35.9 Å². The number of morpholine rings is 1. The minimum Gasteiger partial charge on any atom is -0.373 e. The Balaban J connectivity index is 1.13. The molecule has 1 aliphatic carbocycles. The maximum Gasteiger partial charge on any atom is 0.314 e. The Hall–Kier alpha value is -1.59. The molecule has 0 spiro atoms. The summed E-state index contributed by atoms with van der Waals surface area (Å²) in [7, 11) is 0. The van der Waals surface area contributed by atoms with E-state index in [2.05, 4.69) is 39.8 Å². The SMILES string of the molecule is O=C(NCC1CN2CCCC2CO1)NCC1CC1c1ccccc1. The second-order valence-corrected chi connectivity index (χ2v) is 7.35. The van der Waals surface area contributed by atoms with Crippen LogP contribution in [0.5, 0.6) is 0 Å². The molecule has 3 fully saturated rings. The largest absolute Gasteiger partial charge is 0.373 e. The van der Waals surface area contributed by atoms with Crippen molar-refractivity contribution in [3.63, 3.8) is 0 Å². The number of hydrogen-bond acceptors (Lipinski definition) is 3. The van der Waals surface area contributed by atoms with Crippen molar-refractivity contribution in [1.29, 1.82) is 0 Å². The zero-order chi connectivity index (χ0) is 16.4. The van der Waals surface area contributed by atoms with Crippen LogP contribution < -0.4 is 10.6 Å². The quantitative estimate of drug-likeness (QED) is 0.868. The van der Waals surface area contributed by atoms with Gasteiger partial charge in [-0.15, -0.1) is 0 Å². The highest BCUT2D eigenvalue weighted by Gasteiger charge is 2.38. The van der Waals surface area contributed by atoms with Gasteiger partial charge in [-0.1, -0.05) is 30.3 Å². The van der Waals surface area contributed by atoms with E-state index < -0.39 is 0 Å². The van der Waals surface area contributed by atoms with Crippen LogP contribution >= 0.6 is 0 Å².